The highest BCUT2D eigenvalue weighted by atomic mass is 32.1. The van der Waals surface area contributed by atoms with E-state index in [9.17, 15) is 9.18 Å². The monoisotopic (exact) mass is 243 g/mol. The Hall–Kier alpha value is -1.23. The van der Waals surface area contributed by atoms with Crippen molar-refractivity contribution >= 4 is 18.5 Å². The van der Waals surface area contributed by atoms with Gasteiger partial charge in [-0.15, -0.1) is 0 Å². The molecule has 1 amide bonds. The lowest BCUT2D eigenvalue weighted by molar-refractivity contribution is -0.120. The predicted molar refractivity (Wildman–Crippen MR) is 63.3 cm³/mol. The number of nitrogens with one attached hydrogen (secondary N) is 1. The summed E-state index contributed by atoms with van der Waals surface area (Å²) in [7, 11) is 1.41. The van der Waals surface area contributed by atoms with E-state index in [1.807, 2.05) is 0 Å². The summed E-state index contributed by atoms with van der Waals surface area (Å²) in [5.74, 6) is 0.183. The van der Waals surface area contributed by atoms with Gasteiger partial charge in [-0.25, -0.2) is 4.39 Å². The molecule has 0 saturated carbocycles. The highest BCUT2D eigenvalue weighted by Gasteiger charge is 2.04. The fourth-order valence-corrected chi connectivity index (χ4v) is 1.41. The van der Waals surface area contributed by atoms with E-state index in [0.29, 0.717) is 24.3 Å². The van der Waals surface area contributed by atoms with E-state index in [0.717, 1.165) is 0 Å². The Morgan fingerprint density at radius 2 is 2.31 bits per heavy atom. The number of halogens is 1. The van der Waals surface area contributed by atoms with Crippen molar-refractivity contribution < 1.29 is 13.9 Å². The smallest absolute Gasteiger partial charge is 0.221 e. The SMILES string of the molecule is COc1ccc(CNC(=O)CCS)cc1F. The first-order valence-corrected chi connectivity index (χ1v) is 5.50. The molecule has 1 N–H and O–H groups in total. The standard InChI is InChI=1S/C11H14FNO2S/c1-15-10-3-2-8(6-9(10)12)7-13-11(14)4-5-16/h2-3,6,16H,4-5,7H2,1H3,(H,13,14). The second-order valence-corrected chi connectivity index (χ2v) is 3.67. The van der Waals surface area contributed by atoms with E-state index in [2.05, 4.69) is 17.9 Å². The average molecular weight is 243 g/mol. The summed E-state index contributed by atoms with van der Waals surface area (Å²) in [5, 5.41) is 2.67. The topological polar surface area (TPSA) is 38.3 Å². The molecule has 1 aromatic carbocycles. The van der Waals surface area contributed by atoms with Crippen molar-refractivity contribution in [1.82, 2.24) is 5.32 Å². The number of hydrogen-bond acceptors (Lipinski definition) is 3. The quantitative estimate of drug-likeness (QED) is 0.774. The number of methoxy groups -OCH3 is 1. The van der Waals surface area contributed by atoms with E-state index in [4.69, 9.17) is 4.74 Å². The molecule has 0 fully saturated rings. The fourth-order valence-electron chi connectivity index (χ4n) is 1.21. The van der Waals surface area contributed by atoms with Crippen molar-refractivity contribution in [1.29, 1.82) is 0 Å². The molecule has 0 bridgehead atoms. The van der Waals surface area contributed by atoms with Crippen LogP contribution in [0.15, 0.2) is 18.2 Å². The Morgan fingerprint density at radius 1 is 1.56 bits per heavy atom. The van der Waals surface area contributed by atoms with E-state index in [1.165, 1.54) is 19.2 Å². The number of thiol groups is 1. The highest BCUT2D eigenvalue weighted by molar-refractivity contribution is 7.80. The van der Waals surface area contributed by atoms with Crippen molar-refractivity contribution in [3.05, 3.63) is 29.6 Å². The highest BCUT2D eigenvalue weighted by Crippen LogP contribution is 2.17. The van der Waals surface area contributed by atoms with Gasteiger partial charge in [-0.1, -0.05) is 6.07 Å². The minimum Gasteiger partial charge on any atom is -0.494 e. The third-order valence-corrected chi connectivity index (χ3v) is 2.27. The zero-order valence-corrected chi connectivity index (χ0v) is 9.89. The number of benzene rings is 1. The van der Waals surface area contributed by atoms with Gasteiger partial charge >= 0.3 is 0 Å². The van der Waals surface area contributed by atoms with E-state index < -0.39 is 5.82 Å². The maximum absolute atomic E-state index is 13.3. The number of carbonyl (C=O) groups is 1. The molecule has 5 heteroatoms. The van der Waals surface area contributed by atoms with Gasteiger partial charge < -0.3 is 10.1 Å². The molecule has 0 aromatic heterocycles. The lowest BCUT2D eigenvalue weighted by Crippen LogP contribution is -2.22. The molecule has 0 spiro atoms. The van der Waals surface area contributed by atoms with Crippen molar-refractivity contribution in [2.75, 3.05) is 12.9 Å². The van der Waals surface area contributed by atoms with Crippen LogP contribution in [0.2, 0.25) is 0 Å². The largest absolute Gasteiger partial charge is 0.494 e. The summed E-state index contributed by atoms with van der Waals surface area (Å²) < 4.78 is 18.1. The number of rotatable bonds is 5. The molecular weight excluding hydrogens is 229 g/mol. The van der Waals surface area contributed by atoms with Gasteiger partial charge in [0.2, 0.25) is 5.91 Å². The Morgan fingerprint density at radius 3 is 2.88 bits per heavy atom. The molecule has 16 heavy (non-hydrogen) atoms. The number of carbonyl (C=O) groups excluding carboxylic acids is 1. The number of hydrogen-bond donors (Lipinski definition) is 2. The molecular formula is C11H14FNO2S. The van der Waals surface area contributed by atoms with Crippen LogP contribution in [0.5, 0.6) is 5.75 Å². The summed E-state index contributed by atoms with van der Waals surface area (Å²) in [6.45, 7) is 0.313. The van der Waals surface area contributed by atoms with Crippen molar-refractivity contribution in [2.24, 2.45) is 0 Å². The van der Waals surface area contributed by atoms with Gasteiger partial charge in [0.25, 0.3) is 0 Å². The van der Waals surface area contributed by atoms with E-state index in [1.54, 1.807) is 6.07 Å². The third-order valence-electron chi connectivity index (χ3n) is 2.04. The number of amides is 1. The van der Waals surface area contributed by atoms with Crippen LogP contribution in [0.4, 0.5) is 4.39 Å². The van der Waals surface area contributed by atoms with Crippen LogP contribution in [-0.2, 0) is 11.3 Å². The molecule has 0 aliphatic heterocycles. The van der Waals surface area contributed by atoms with Crippen LogP contribution < -0.4 is 10.1 Å². The molecule has 0 aliphatic rings. The first-order chi connectivity index (χ1) is 7.67. The first kappa shape index (κ1) is 12.8. The Balaban J connectivity index is 2.55. The summed E-state index contributed by atoms with van der Waals surface area (Å²) in [6.07, 6.45) is 0.363. The summed E-state index contributed by atoms with van der Waals surface area (Å²) >= 11 is 3.95. The minimum atomic E-state index is -0.427. The van der Waals surface area contributed by atoms with Gasteiger partial charge in [0.15, 0.2) is 11.6 Å². The van der Waals surface area contributed by atoms with Gasteiger partial charge in [0.05, 0.1) is 7.11 Å². The lowest BCUT2D eigenvalue weighted by Gasteiger charge is -2.06. The van der Waals surface area contributed by atoms with Crippen LogP contribution >= 0.6 is 12.6 Å². The first-order valence-electron chi connectivity index (χ1n) is 4.87. The minimum absolute atomic E-state index is 0.0915. The molecule has 0 radical (unpaired) electrons. The zero-order chi connectivity index (χ0) is 12.0. The maximum Gasteiger partial charge on any atom is 0.221 e. The van der Waals surface area contributed by atoms with E-state index in [-0.39, 0.29) is 11.7 Å². The fraction of sp³-hybridized carbons (Fsp3) is 0.364. The molecule has 0 heterocycles. The molecule has 0 unspecified atom stereocenters. The van der Waals surface area contributed by atoms with Crippen LogP contribution in [0.1, 0.15) is 12.0 Å². The van der Waals surface area contributed by atoms with Gasteiger partial charge in [-0.2, -0.15) is 12.6 Å². The number of ether oxygens (including phenoxy) is 1. The average Bonchev–Trinajstić information content (AvgIpc) is 2.27. The Kier molecular flexibility index (Phi) is 5.11. The zero-order valence-electron chi connectivity index (χ0n) is 9.00. The summed E-state index contributed by atoms with van der Waals surface area (Å²) in [4.78, 5) is 11.1. The van der Waals surface area contributed by atoms with Gasteiger partial charge in [0.1, 0.15) is 0 Å². The van der Waals surface area contributed by atoms with Crippen molar-refractivity contribution in [3.8, 4) is 5.75 Å². The van der Waals surface area contributed by atoms with Crippen LogP contribution in [0.3, 0.4) is 0 Å². The maximum atomic E-state index is 13.3. The second-order valence-electron chi connectivity index (χ2n) is 3.22. The predicted octanol–water partition coefficient (Wildman–Crippen LogP) is 1.77. The molecule has 1 rings (SSSR count). The van der Waals surface area contributed by atoms with Crippen LogP contribution in [0.25, 0.3) is 0 Å². The second kappa shape index (κ2) is 6.37. The van der Waals surface area contributed by atoms with Gasteiger partial charge in [0, 0.05) is 13.0 Å². The van der Waals surface area contributed by atoms with Crippen molar-refractivity contribution in [3.63, 3.8) is 0 Å². The Labute approximate surface area is 99.4 Å². The van der Waals surface area contributed by atoms with Crippen LogP contribution in [0, 0.1) is 5.82 Å². The molecule has 0 saturated heterocycles. The van der Waals surface area contributed by atoms with Crippen LogP contribution in [-0.4, -0.2) is 18.8 Å². The summed E-state index contributed by atoms with van der Waals surface area (Å²) in [6, 6.07) is 4.60. The molecule has 0 aliphatic carbocycles. The van der Waals surface area contributed by atoms with Gasteiger partial charge in [-0.05, 0) is 23.4 Å². The Bertz CT molecular complexity index is 371. The molecule has 3 nitrogen and oxygen atoms in total. The molecule has 1 aromatic rings. The third kappa shape index (κ3) is 3.73. The normalized spacial score (nSPS) is 9.94. The van der Waals surface area contributed by atoms with Gasteiger partial charge in [-0.3, -0.25) is 4.79 Å². The van der Waals surface area contributed by atoms with Crippen molar-refractivity contribution in [2.45, 2.75) is 13.0 Å². The molecule has 88 valence electrons. The summed E-state index contributed by atoms with van der Waals surface area (Å²) in [5.41, 5.74) is 0.700. The molecule has 0 atom stereocenters. The lowest BCUT2D eigenvalue weighted by atomic mass is 10.2. The van der Waals surface area contributed by atoms with E-state index >= 15 is 0 Å².